The summed E-state index contributed by atoms with van der Waals surface area (Å²) in [6.45, 7) is 2.25. The predicted octanol–water partition coefficient (Wildman–Crippen LogP) is 5.51. The smallest absolute Gasteiger partial charge is 0.353 e. The molecular formula is C21H42O4Si3. The Hall–Kier alpha value is 0.491. The summed E-state index contributed by atoms with van der Waals surface area (Å²) in [6.07, 6.45) is 20.3. The fourth-order valence-corrected chi connectivity index (χ4v) is 22.9. The fourth-order valence-electron chi connectivity index (χ4n) is 6.19. The van der Waals surface area contributed by atoms with Crippen LogP contribution < -0.4 is 0 Å². The van der Waals surface area contributed by atoms with Gasteiger partial charge in [-0.25, -0.2) is 0 Å². The van der Waals surface area contributed by atoms with Gasteiger partial charge in [-0.1, -0.05) is 57.8 Å². The van der Waals surface area contributed by atoms with E-state index in [-0.39, 0.29) is 5.73 Å². The van der Waals surface area contributed by atoms with Crippen LogP contribution in [0.4, 0.5) is 0 Å². The Balaban J connectivity index is 1.61. The summed E-state index contributed by atoms with van der Waals surface area (Å²) in [7, 11) is -3.90. The summed E-state index contributed by atoms with van der Waals surface area (Å²) in [4.78, 5) is 0. The zero-order valence-electron chi connectivity index (χ0n) is 18.2. The van der Waals surface area contributed by atoms with E-state index in [2.05, 4.69) is 6.92 Å². The Bertz CT molecular complexity index is 450. The average molecular weight is 443 g/mol. The second-order valence-corrected chi connectivity index (χ2v) is 19.2. The molecule has 0 N–H and O–H groups in total. The maximum absolute atomic E-state index is 7.17. The van der Waals surface area contributed by atoms with Gasteiger partial charge in [0.25, 0.3) is 0 Å². The highest BCUT2D eigenvalue weighted by Crippen LogP contribution is 2.47. The van der Waals surface area contributed by atoms with Crippen molar-refractivity contribution in [1.82, 2.24) is 0 Å². The van der Waals surface area contributed by atoms with E-state index in [1.54, 1.807) is 0 Å². The van der Waals surface area contributed by atoms with Crippen LogP contribution in [0.1, 0.15) is 103 Å². The Labute approximate surface area is 177 Å². The van der Waals surface area contributed by atoms with E-state index in [0.29, 0.717) is 5.54 Å². The molecule has 0 aromatic carbocycles. The van der Waals surface area contributed by atoms with Crippen LogP contribution in [0.5, 0.6) is 0 Å². The van der Waals surface area contributed by atoms with E-state index >= 15 is 0 Å². The Morgan fingerprint density at radius 3 is 1.57 bits per heavy atom. The van der Waals surface area contributed by atoms with Gasteiger partial charge in [0.1, 0.15) is 0 Å². The molecule has 3 saturated carbocycles. The molecule has 3 atom stereocenters. The van der Waals surface area contributed by atoms with Gasteiger partial charge in [-0.3, -0.25) is 0 Å². The van der Waals surface area contributed by atoms with Crippen LogP contribution in [0.2, 0.25) is 16.6 Å². The van der Waals surface area contributed by atoms with Crippen LogP contribution in [-0.2, 0) is 17.1 Å². The van der Waals surface area contributed by atoms with E-state index < -0.39 is 27.1 Å². The largest absolute Gasteiger partial charge is 0.420 e. The van der Waals surface area contributed by atoms with Gasteiger partial charge in [0.05, 0.1) is 5.73 Å². The molecule has 3 aliphatic carbocycles. The zero-order valence-corrected chi connectivity index (χ0v) is 21.5. The van der Waals surface area contributed by atoms with Gasteiger partial charge < -0.3 is 17.1 Å². The van der Waals surface area contributed by atoms with Crippen molar-refractivity contribution in [2.24, 2.45) is 0 Å². The molecule has 0 aromatic heterocycles. The minimum atomic E-state index is -2.40. The van der Waals surface area contributed by atoms with Gasteiger partial charge in [0, 0.05) is 12.7 Å². The molecule has 4 fully saturated rings. The third kappa shape index (κ3) is 4.70. The lowest BCUT2D eigenvalue weighted by Gasteiger charge is -2.52. The van der Waals surface area contributed by atoms with Crippen LogP contribution in [-0.4, -0.2) is 40.0 Å². The van der Waals surface area contributed by atoms with Gasteiger partial charge in [-0.05, 0) is 56.5 Å². The lowest BCUT2D eigenvalue weighted by Crippen LogP contribution is -2.68. The van der Waals surface area contributed by atoms with Crippen LogP contribution in [0, 0.1) is 0 Å². The quantitative estimate of drug-likeness (QED) is 0.526. The molecular weight excluding hydrogens is 400 g/mol. The number of ether oxygens (including phenoxy) is 1. The first-order valence-corrected chi connectivity index (χ1v) is 17.5. The van der Waals surface area contributed by atoms with Crippen molar-refractivity contribution in [3.05, 3.63) is 0 Å². The third-order valence-corrected chi connectivity index (χ3v) is 20.9. The Morgan fingerprint density at radius 2 is 1.14 bits per heavy atom. The van der Waals surface area contributed by atoms with Crippen molar-refractivity contribution in [2.45, 2.75) is 126 Å². The maximum Gasteiger partial charge on any atom is 0.353 e. The molecule has 1 aliphatic heterocycles. The topological polar surface area (TPSA) is 36.9 Å². The Kier molecular flexibility index (Phi) is 7.91. The Morgan fingerprint density at radius 1 is 0.714 bits per heavy atom. The molecule has 4 aliphatic rings. The van der Waals surface area contributed by atoms with Crippen LogP contribution in [0.3, 0.4) is 0 Å². The van der Waals surface area contributed by atoms with Gasteiger partial charge in [-0.15, -0.1) is 0 Å². The minimum Gasteiger partial charge on any atom is -0.420 e. The van der Waals surface area contributed by atoms with Crippen molar-refractivity contribution in [1.29, 1.82) is 0 Å². The molecule has 162 valence electrons. The summed E-state index contributed by atoms with van der Waals surface area (Å²) in [5.74, 6) is 0. The van der Waals surface area contributed by atoms with E-state index in [4.69, 9.17) is 17.1 Å². The molecule has 4 rings (SSSR count). The van der Waals surface area contributed by atoms with Crippen molar-refractivity contribution in [2.75, 3.05) is 7.11 Å². The zero-order chi connectivity index (χ0) is 19.4. The number of methoxy groups -OCH3 is 1. The summed E-state index contributed by atoms with van der Waals surface area (Å²) in [6, 6.07) is 0. The lowest BCUT2D eigenvalue weighted by molar-refractivity contribution is 0.106. The maximum atomic E-state index is 7.17. The highest BCUT2D eigenvalue weighted by Gasteiger charge is 2.59. The number of rotatable bonds is 5. The normalized spacial score (nSPS) is 38.4. The minimum absolute atomic E-state index is 0.136. The molecule has 28 heavy (non-hydrogen) atoms. The molecule has 3 unspecified atom stereocenters. The molecule has 0 amide bonds. The van der Waals surface area contributed by atoms with Crippen molar-refractivity contribution in [3.8, 4) is 0 Å². The molecule has 0 aromatic rings. The van der Waals surface area contributed by atoms with Gasteiger partial charge in [0.2, 0.25) is 0 Å². The third-order valence-electron chi connectivity index (χ3n) is 8.03. The summed E-state index contributed by atoms with van der Waals surface area (Å²) >= 11 is 0. The standard InChI is InChI=1S/C21H42O4Si3/c1-18(22-2)28(21-16-10-5-11-17-21)24-26(19-12-6-3-7-13-19)23-27(25-28)20-14-8-4-9-15-20/h18-21,26-27H,3-17H2,1-2H3. The highest BCUT2D eigenvalue weighted by atomic mass is 28.5. The molecule has 1 heterocycles. The second-order valence-electron chi connectivity index (χ2n) is 9.84. The highest BCUT2D eigenvalue weighted by molar-refractivity contribution is 6.85. The van der Waals surface area contributed by atoms with Gasteiger partial charge in [0.15, 0.2) is 0 Å². The first-order chi connectivity index (χ1) is 13.7. The summed E-state index contributed by atoms with van der Waals surface area (Å²) in [5, 5.41) is 0. The first-order valence-electron chi connectivity index (χ1n) is 12.3. The van der Waals surface area contributed by atoms with Crippen molar-refractivity contribution < 1.29 is 17.1 Å². The average Bonchev–Trinajstić information content (AvgIpc) is 2.80. The van der Waals surface area contributed by atoms with Crippen LogP contribution >= 0.6 is 0 Å². The molecule has 0 spiro atoms. The lowest BCUT2D eigenvalue weighted by atomic mass is 10.0. The molecule has 0 radical (unpaired) electrons. The summed E-state index contributed by atoms with van der Waals surface area (Å²) in [5.41, 5.74) is 2.19. The SMILES string of the molecule is COC(C)[Si]1(C2CCCCC2)O[SiH](C2CCCCC2)O[SiH](C2CCCCC2)O1. The molecule has 0 bridgehead atoms. The number of hydrogen-bond acceptors (Lipinski definition) is 4. The second kappa shape index (κ2) is 10.2. The molecule has 4 nitrogen and oxygen atoms in total. The van der Waals surface area contributed by atoms with Crippen LogP contribution in [0.25, 0.3) is 0 Å². The first kappa shape index (κ1) is 21.7. The van der Waals surface area contributed by atoms with E-state index in [0.717, 1.165) is 11.1 Å². The number of hydrogen-bond donors (Lipinski definition) is 0. The van der Waals surface area contributed by atoms with E-state index in [9.17, 15) is 0 Å². The van der Waals surface area contributed by atoms with E-state index in [1.807, 2.05) is 7.11 Å². The summed E-state index contributed by atoms with van der Waals surface area (Å²) < 4.78 is 27.3. The molecule has 7 heteroatoms. The van der Waals surface area contributed by atoms with Gasteiger partial charge >= 0.3 is 27.1 Å². The van der Waals surface area contributed by atoms with Crippen LogP contribution in [0.15, 0.2) is 0 Å². The van der Waals surface area contributed by atoms with E-state index in [1.165, 1.54) is 96.3 Å². The van der Waals surface area contributed by atoms with Gasteiger partial charge in [-0.2, -0.15) is 0 Å². The van der Waals surface area contributed by atoms with Crippen molar-refractivity contribution >= 4 is 27.1 Å². The monoisotopic (exact) mass is 442 g/mol. The van der Waals surface area contributed by atoms with Crippen molar-refractivity contribution in [3.63, 3.8) is 0 Å². The fraction of sp³-hybridized carbons (Fsp3) is 1.00. The predicted molar refractivity (Wildman–Crippen MR) is 120 cm³/mol. The molecule has 1 saturated heterocycles.